The molecule has 3 N–H and O–H groups in total. The number of nitrogens with one attached hydrogen (secondary N) is 2. The predicted molar refractivity (Wildman–Crippen MR) is 68.2 cm³/mol. The van der Waals surface area contributed by atoms with E-state index in [4.69, 9.17) is 4.55 Å². The van der Waals surface area contributed by atoms with E-state index in [1.807, 2.05) is 0 Å². The number of carbonyl (C=O) groups excluding carboxylic acids is 2. The molecule has 19 heavy (non-hydrogen) atoms. The topological polar surface area (TPSA) is 113 Å². The van der Waals surface area contributed by atoms with Gasteiger partial charge in [-0.1, -0.05) is 0 Å². The lowest BCUT2D eigenvalue weighted by Gasteiger charge is -2.07. The largest absolute Gasteiger partial charge is 0.321 e. The van der Waals surface area contributed by atoms with Crippen LogP contribution >= 0.6 is 0 Å². The molecule has 0 radical (unpaired) electrons. The van der Waals surface area contributed by atoms with Crippen LogP contribution in [0.4, 0.5) is 5.69 Å². The number of hydrazine groups is 1. The third-order valence-corrected chi connectivity index (χ3v) is 2.98. The summed E-state index contributed by atoms with van der Waals surface area (Å²) < 4.78 is 30.4. The van der Waals surface area contributed by atoms with Crippen LogP contribution in [0, 0.1) is 0 Å². The molecule has 7 nitrogen and oxygen atoms in total. The van der Waals surface area contributed by atoms with Crippen molar-refractivity contribution in [3.8, 4) is 0 Å². The fourth-order valence-electron chi connectivity index (χ4n) is 1.30. The fraction of sp³-hybridized carbons (Fsp3) is 0.273. The molecule has 0 spiro atoms. The van der Waals surface area contributed by atoms with Crippen molar-refractivity contribution in [1.29, 1.82) is 0 Å². The first-order valence-corrected chi connectivity index (χ1v) is 6.80. The summed E-state index contributed by atoms with van der Waals surface area (Å²) in [4.78, 5) is 21.6. The standard InChI is InChI=1S/C11H14N2O5S/c1-8(14)6-10(15)7-12-13-9-2-4-11(5-3-9)19(16,17)18/h2-5,12-13H,6-7H2,1H3,(H,16,17,18). The van der Waals surface area contributed by atoms with E-state index in [1.54, 1.807) is 0 Å². The maximum absolute atomic E-state index is 11.2. The van der Waals surface area contributed by atoms with Crippen LogP contribution in [-0.4, -0.2) is 31.1 Å². The average molecular weight is 286 g/mol. The number of benzene rings is 1. The second-order valence-electron chi connectivity index (χ2n) is 3.90. The summed E-state index contributed by atoms with van der Waals surface area (Å²) in [6.07, 6.45) is -0.129. The Bertz CT molecular complexity index is 565. The molecule has 0 saturated carbocycles. The highest BCUT2D eigenvalue weighted by atomic mass is 32.2. The van der Waals surface area contributed by atoms with Gasteiger partial charge in [-0.25, -0.2) is 5.43 Å². The first-order valence-electron chi connectivity index (χ1n) is 5.36. The molecule has 0 bridgehead atoms. The number of carbonyl (C=O) groups is 2. The van der Waals surface area contributed by atoms with Crippen LogP contribution < -0.4 is 10.9 Å². The molecular weight excluding hydrogens is 272 g/mol. The number of ketones is 2. The van der Waals surface area contributed by atoms with E-state index in [2.05, 4.69) is 10.9 Å². The molecule has 8 heteroatoms. The highest BCUT2D eigenvalue weighted by molar-refractivity contribution is 7.85. The smallest absolute Gasteiger partial charge is 0.294 e. The summed E-state index contributed by atoms with van der Waals surface area (Å²) in [7, 11) is -4.21. The monoisotopic (exact) mass is 286 g/mol. The molecule has 104 valence electrons. The van der Waals surface area contributed by atoms with Crippen LogP contribution in [0.1, 0.15) is 13.3 Å². The molecule has 0 heterocycles. The van der Waals surface area contributed by atoms with Crippen LogP contribution in [0.5, 0.6) is 0 Å². The van der Waals surface area contributed by atoms with Gasteiger partial charge >= 0.3 is 0 Å². The lowest BCUT2D eigenvalue weighted by Crippen LogP contribution is -2.29. The van der Waals surface area contributed by atoms with Crippen molar-refractivity contribution in [2.75, 3.05) is 12.0 Å². The quantitative estimate of drug-likeness (QED) is 0.378. The van der Waals surface area contributed by atoms with Crippen molar-refractivity contribution in [2.45, 2.75) is 18.2 Å². The second kappa shape index (κ2) is 6.41. The highest BCUT2D eigenvalue weighted by Crippen LogP contribution is 2.12. The molecule has 0 aliphatic heterocycles. The van der Waals surface area contributed by atoms with Crippen molar-refractivity contribution in [3.05, 3.63) is 24.3 Å². The van der Waals surface area contributed by atoms with E-state index in [0.29, 0.717) is 5.69 Å². The number of Topliss-reactive ketones (excluding diaryl/α,β-unsaturated/α-hetero) is 2. The van der Waals surface area contributed by atoms with Crippen LogP contribution in [0.25, 0.3) is 0 Å². The van der Waals surface area contributed by atoms with Crippen LogP contribution in [0.15, 0.2) is 29.2 Å². The Morgan fingerprint density at radius 3 is 2.26 bits per heavy atom. The number of rotatable bonds is 7. The van der Waals surface area contributed by atoms with Gasteiger partial charge in [-0.2, -0.15) is 8.42 Å². The van der Waals surface area contributed by atoms with Gasteiger partial charge in [0.1, 0.15) is 5.78 Å². The Hall–Kier alpha value is -1.77. The normalized spacial score (nSPS) is 11.1. The molecule has 0 unspecified atom stereocenters. The second-order valence-corrected chi connectivity index (χ2v) is 5.32. The summed E-state index contributed by atoms with van der Waals surface area (Å²) in [6, 6.07) is 5.28. The molecule has 0 aliphatic rings. The summed E-state index contributed by atoms with van der Waals surface area (Å²) in [5.74, 6) is -0.459. The molecule has 0 aliphatic carbocycles. The van der Waals surface area contributed by atoms with Gasteiger partial charge in [0.05, 0.1) is 17.9 Å². The van der Waals surface area contributed by atoms with E-state index >= 15 is 0 Å². The highest BCUT2D eigenvalue weighted by Gasteiger charge is 2.08. The first-order chi connectivity index (χ1) is 8.79. The zero-order valence-corrected chi connectivity index (χ0v) is 11.0. The Balaban J connectivity index is 2.47. The SMILES string of the molecule is CC(=O)CC(=O)CNNc1ccc(S(=O)(=O)O)cc1. The van der Waals surface area contributed by atoms with Crippen molar-refractivity contribution in [3.63, 3.8) is 0 Å². The molecule has 1 rings (SSSR count). The van der Waals surface area contributed by atoms with E-state index in [9.17, 15) is 18.0 Å². The van der Waals surface area contributed by atoms with Gasteiger partial charge in [-0.05, 0) is 31.2 Å². The lowest BCUT2D eigenvalue weighted by atomic mass is 10.2. The van der Waals surface area contributed by atoms with Crippen LogP contribution in [0.2, 0.25) is 0 Å². The van der Waals surface area contributed by atoms with Gasteiger partial charge in [0.2, 0.25) is 0 Å². The zero-order valence-electron chi connectivity index (χ0n) is 10.2. The maximum Gasteiger partial charge on any atom is 0.294 e. The number of hydrogen-bond donors (Lipinski definition) is 3. The lowest BCUT2D eigenvalue weighted by molar-refractivity contribution is -0.125. The third-order valence-electron chi connectivity index (χ3n) is 2.12. The van der Waals surface area contributed by atoms with Gasteiger partial charge in [-0.3, -0.25) is 14.1 Å². The van der Waals surface area contributed by atoms with Gasteiger partial charge in [0.25, 0.3) is 10.1 Å². The van der Waals surface area contributed by atoms with E-state index in [1.165, 1.54) is 31.2 Å². The molecule has 0 fully saturated rings. The predicted octanol–water partition coefficient (Wildman–Crippen LogP) is 0.398. The van der Waals surface area contributed by atoms with Gasteiger partial charge in [0.15, 0.2) is 5.78 Å². The van der Waals surface area contributed by atoms with E-state index in [-0.39, 0.29) is 29.4 Å². The number of hydrogen-bond acceptors (Lipinski definition) is 6. The summed E-state index contributed by atoms with van der Waals surface area (Å²) >= 11 is 0. The summed E-state index contributed by atoms with van der Waals surface area (Å²) in [6.45, 7) is 1.30. The van der Waals surface area contributed by atoms with Crippen molar-refractivity contribution in [1.82, 2.24) is 5.43 Å². The van der Waals surface area contributed by atoms with Crippen molar-refractivity contribution in [2.24, 2.45) is 0 Å². The Morgan fingerprint density at radius 1 is 1.21 bits per heavy atom. The van der Waals surface area contributed by atoms with Crippen LogP contribution in [0.3, 0.4) is 0 Å². The van der Waals surface area contributed by atoms with Crippen molar-refractivity contribution < 1.29 is 22.6 Å². The van der Waals surface area contributed by atoms with Crippen LogP contribution in [-0.2, 0) is 19.7 Å². The number of anilines is 1. The van der Waals surface area contributed by atoms with Gasteiger partial charge in [-0.15, -0.1) is 0 Å². The average Bonchev–Trinajstić information content (AvgIpc) is 2.27. The molecule has 1 aromatic carbocycles. The first kappa shape index (κ1) is 15.3. The molecule has 0 aromatic heterocycles. The molecule has 1 aromatic rings. The minimum Gasteiger partial charge on any atom is -0.321 e. The Labute approximate surface area is 110 Å². The van der Waals surface area contributed by atoms with Gasteiger partial charge < -0.3 is 5.43 Å². The molecule has 0 atom stereocenters. The minimum atomic E-state index is -4.21. The zero-order chi connectivity index (χ0) is 14.5. The van der Waals surface area contributed by atoms with Crippen molar-refractivity contribution >= 4 is 27.4 Å². The molecule has 0 amide bonds. The summed E-state index contributed by atoms with van der Waals surface area (Å²) in [5, 5.41) is 0. The van der Waals surface area contributed by atoms with E-state index in [0.717, 1.165) is 0 Å². The molecular formula is C11H14N2O5S. The third kappa shape index (κ3) is 5.60. The Kier molecular flexibility index (Phi) is 5.16. The van der Waals surface area contributed by atoms with E-state index < -0.39 is 10.1 Å². The summed E-state index contributed by atoms with van der Waals surface area (Å²) in [5.41, 5.74) is 5.79. The van der Waals surface area contributed by atoms with Gasteiger partial charge in [0, 0.05) is 5.69 Å². The molecule has 0 saturated heterocycles. The fourth-order valence-corrected chi connectivity index (χ4v) is 1.78. The Morgan fingerprint density at radius 2 is 1.79 bits per heavy atom. The maximum atomic E-state index is 11.2. The minimum absolute atomic E-state index is 0.0281.